The van der Waals surface area contributed by atoms with Crippen LogP contribution < -0.4 is 10.1 Å². The number of carbonyl (C=O) groups is 3. The number of rotatable bonds is 12. The van der Waals surface area contributed by atoms with Gasteiger partial charge in [0.1, 0.15) is 24.2 Å². The van der Waals surface area contributed by atoms with E-state index >= 15 is 0 Å². The lowest BCUT2D eigenvalue weighted by atomic mass is 10.0. The van der Waals surface area contributed by atoms with Crippen LogP contribution in [-0.2, 0) is 22.6 Å². The number of amides is 4. The summed E-state index contributed by atoms with van der Waals surface area (Å²) < 4.78 is 5.18. The van der Waals surface area contributed by atoms with Gasteiger partial charge >= 0.3 is 6.03 Å². The van der Waals surface area contributed by atoms with E-state index in [1.54, 1.807) is 55.4 Å². The summed E-state index contributed by atoms with van der Waals surface area (Å²) in [5.74, 6) is 0.462. The molecule has 3 rings (SSSR count). The first-order valence-corrected chi connectivity index (χ1v) is 13.4. The van der Waals surface area contributed by atoms with Crippen LogP contribution in [0.5, 0.6) is 11.5 Å². The number of nitrogens with zero attached hydrogens (tertiary/aromatic N) is 4. The van der Waals surface area contributed by atoms with E-state index < -0.39 is 6.04 Å². The van der Waals surface area contributed by atoms with Crippen LogP contribution in [-0.4, -0.2) is 89.8 Å². The van der Waals surface area contributed by atoms with Crippen molar-refractivity contribution in [3.8, 4) is 11.5 Å². The summed E-state index contributed by atoms with van der Waals surface area (Å²) in [7, 11) is 5.04. The maximum Gasteiger partial charge on any atom is 0.333 e. The molecule has 10 nitrogen and oxygen atoms in total. The Balaban J connectivity index is 1.75. The van der Waals surface area contributed by atoms with Crippen LogP contribution in [0, 0.1) is 0 Å². The molecule has 0 radical (unpaired) electrons. The molecule has 0 saturated carbocycles. The van der Waals surface area contributed by atoms with Gasteiger partial charge in [-0.1, -0.05) is 50.5 Å². The number of phenols is 1. The van der Waals surface area contributed by atoms with Crippen molar-refractivity contribution in [3.05, 3.63) is 59.7 Å². The molecule has 1 aliphatic heterocycles. The van der Waals surface area contributed by atoms with Crippen LogP contribution in [0.25, 0.3) is 0 Å². The van der Waals surface area contributed by atoms with Gasteiger partial charge in [-0.25, -0.2) is 14.8 Å². The predicted molar refractivity (Wildman–Crippen MR) is 149 cm³/mol. The molecule has 2 aromatic carbocycles. The van der Waals surface area contributed by atoms with Gasteiger partial charge in [-0.15, -0.1) is 0 Å². The molecule has 10 heteroatoms. The van der Waals surface area contributed by atoms with Gasteiger partial charge in [0.25, 0.3) is 0 Å². The molecule has 0 bridgehead atoms. The molecule has 0 aliphatic carbocycles. The quantitative estimate of drug-likeness (QED) is 0.402. The summed E-state index contributed by atoms with van der Waals surface area (Å²) in [6.07, 6.45) is 4.41. The third-order valence-corrected chi connectivity index (χ3v) is 6.97. The Kier molecular flexibility index (Phi) is 11.0. The van der Waals surface area contributed by atoms with Crippen molar-refractivity contribution in [3.63, 3.8) is 0 Å². The van der Waals surface area contributed by atoms with Gasteiger partial charge in [0.2, 0.25) is 11.8 Å². The molecule has 212 valence electrons. The second kappa shape index (κ2) is 14.4. The lowest BCUT2D eigenvalue weighted by Gasteiger charge is -2.44. The van der Waals surface area contributed by atoms with Crippen molar-refractivity contribution < 1.29 is 24.2 Å². The van der Waals surface area contributed by atoms with E-state index in [-0.39, 0.29) is 43.2 Å². The predicted octanol–water partition coefficient (Wildman–Crippen LogP) is 3.21. The summed E-state index contributed by atoms with van der Waals surface area (Å²) in [5.41, 5.74) is 1.72. The molecule has 2 N–H and O–H groups in total. The number of unbranched alkanes of at least 4 members (excludes halogenated alkanes) is 3. The van der Waals surface area contributed by atoms with E-state index in [1.807, 2.05) is 24.3 Å². The van der Waals surface area contributed by atoms with Crippen molar-refractivity contribution >= 4 is 17.8 Å². The number of hydrazine groups is 1. The minimum atomic E-state index is -0.788. The van der Waals surface area contributed by atoms with Gasteiger partial charge in [-0.2, -0.15) is 0 Å². The van der Waals surface area contributed by atoms with Crippen LogP contribution in [0.1, 0.15) is 43.7 Å². The van der Waals surface area contributed by atoms with Crippen LogP contribution in [0.3, 0.4) is 0 Å². The van der Waals surface area contributed by atoms with E-state index in [0.717, 1.165) is 42.6 Å². The Labute approximate surface area is 231 Å². The van der Waals surface area contributed by atoms with Crippen molar-refractivity contribution in [2.24, 2.45) is 0 Å². The molecule has 2 aromatic rings. The third kappa shape index (κ3) is 8.35. The average Bonchev–Trinajstić information content (AvgIpc) is 2.94. The van der Waals surface area contributed by atoms with Crippen molar-refractivity contribution in [1.29, 1.82) is 0 Å². The summed E-state index contributed by atoms with van der Waals surface area (Å²) >= 11 is 0. The Hall–Kier alpha value is -3.79. The first kappa shape index (κ1) is 29.8. The number of ether oxygens (including phenoxy) is 1. The minimum Gasteiger partial charge on any atom is -0.508 e. The van der Waals surface area contributed by atoms with Gasteiger partial charge in [-0.3, -0.25) is 9.59 Å². The Morgan fingerprint density at radius 2 is 1.72 bits per heavy atom. The topological polar surface area (TPSA) is 106 Å². The molecule has 1 unspecified atom stereocenters. The molecule has 0 spiro atoms. The fraction of sp³-hybridized carbons (Fsp3) is 0.483. The zero-order valence-corrected chi connectivity index (χ0v) is 23.4. The second-order valence-corrected chi connectivity index (χ2v) is 9.93. The molecule has 1 fully saturated rings. The summed E-state index contributed by atoms with van der Waals surface area (Å²) in [4.78, 5) is 43.3. The Morgan fingerprint density at radius 3 is 2.36 bits per heavy atom. The second-order valence-electron chi connectivity index (χ2n) is 9.93. The highest BCUT2D eigenvalue weighted by atomic mass is 16.5. The monoisotopic (exact) mass is 539 g/mol. The molecule has 1 heterocycles. The summed E-state index contributed by atoms with van der Waals surface area (Å²) in [5, 5.41) is 15.6. The number of hydrogen-bond acceptors (Lipinski definition) is 6. The molecule has 1 atom stereocenters. The number of carbonyl (C=O) groups excluding carboxylic acids is 3. The smallest absolute Gasteiger partial charge is 0.333 e. The Morgan fingerprint density at radius 1 is 1.05 bits per heavy atom. The molecule has 1 saturated heterocycles. The standard InChI is InChI=1S/C29H41N5O5/c1-5-6-7-8-17-31(2)28(37)26(18-22-9-13-24(35)14-10-22)33-21-34(32(3)20-27(33)36)29(38)30-19-23-11-15-25(39-4)16-12-23/h9-16,26,35H,5-8,17-21H2,1-4H3,(H,30,38). The highest BCUT2D eigenvalue weighted by molar-refractivity contribution is 5.89. The van der Waals surface area contributed by atoms with Gasteiger partial charge in [-0.05, 0) is 41.8 Å². The van der Waals surface area contributed by atoms with Gasteiger partial charge in [0, 0.05) is 33.6 Å². The number of methoxy groups -OCH3 is 1. The van der Waals surface area contributed by atoms with Crippen LogP contribution in [0.4, 0.5) is 4.79 Å². The van der Waals surface area contributed by atoms with Crippen molar-refractivity contribution in [1.82, 2.24) is 25.1 Å². The maximum atomic E-state index is 13.7. The first-order valence-electron chi connectivity index (χ1n) is 13.4. The SMILES string of the molecule is CCCCCCN(C)C(=O)C(Cc1ccc(O)cc1)N1CN(C(=O)NCc2ccc(OC)cc2)N(C)CC1=O. The van der Waals surface area contributed by atoms with E-state index in [9.17, 15) is 19.5 Å². The van der Waals surface area contributed by atoms with Crippen molar-refractivity contribution in [2.75, 3.05) is 41.0 Å². The van der Waals surface area contributed by atoms with Crippen LogP contribution >= 0.6 is 0 Å². The Bertz CT molecular complexity index is 1090. The fourth-order valence-electron chi connectivity index (χ4n) is 4.53. The van der Waals surface area contributed by atoms with Crippen LogP contribution in [0.15, 0.2) is 48.5 Å². The number of hydrogen-bond donors (Lipinski definition) is 2. The van der Waals surface area contributed by atoms with E-state index in [1.165, 1.54) is 9.91 Å². The number of nitrogens with one attached hydrogen (secondary N) is 1. The molecule has 39 heavy (non-hydrogen) atoms. The van der Waals surface area contributed by atoms with Gasteiger partial charge in [0.15, 0.2) is 0 Å². The number of aromatic hydroxyl groups is 1. The number of benzene rings is 2. The van der Waals surface area contributed by atoms with Crippen molar-refractivity contribution in [2.45, 2.75) is 51.6 Å². The number of urea groups is 1. The van der Waals surface area contributed by atoms with E-state index in [2.05, 4.69) is 12.2 Å². The summed E-state index contributed by atoms with van der Waals surface area (Å²) in [6.45, 7) is 2.95. The molecular weight excluding hydrogens is 498 g/mol. The first-order chi connectivity index (χ1) is 18.7. The highest BCUT2D eigenvalue weighted by Gasteiger charge is 2.39. The normalized spacial score (nSPS) is 14.7. The van der Waals surface area contributed by atoms with Gasteiger partial charge in [0.05, 0.1) is 13.7 Å². The molecular formula is C29H41N5O5. The van der Waals surface area contributed by atoms with Gasteiger partial charge < -0.3 is 25.0 Å². The molecule has 4 amide bonds. The zero-order chi connectivity index (χ0) is 28.4. The summed E-state index contributed by atoms with van der Waals surface area (Å²) in [6, 6.07) is 12.9. The third-order valence-electron chi connectivity index (χ3n) is 6.97. The zero-order valence-electron chi connectivity index (χ0n) is 23.4. The lowest BCUT2D eigenvalue weighted by Crippen LogP contribution is -2.65. The average molecular weight is 540 g/mol. The van der Waals surface area contributed by atoms with E-state index in [0.29, 0.717) is 13.1 Å². The largest absolute Gasteiger partial charge is 0.508 e. The lowest BCUT2D eigenvalue weighted by molar-refractivity contribution is -0.160. The number of phenolic OH excluding ortho intramolecular Hbond substituents is 1. The maximum absolute atomic E-state index is 13.7. The van der Waals surface area contributed by atoms with E-state index in [4.69, 9.17) is 4.74 Å². The fourth-order valence-corrected chi connectivity index (χ4v) is 4.53. The molecule has 0 aromatic heterocycles. The minimum absolute atomic E-state index is 0.0322. The molecule has 1 aliphatic rings. The number of likely N-dealkylation sites (N-methyl/N-ethyl adjacent to an activating group) is 2. The highest BCUT2D eigenvalue weighted by Crippen LogP contribution is 2.20. The van der Waals surface area contributed by atoms with Crippen LogP contribution in [0.2, 0.25) is 0 Å².